The molecule has 0 unspecified atom stereocenters. The molecule has 5 rings (SSSR count). The lowest BCUT2D eigenvalue weighted by Crippen LogP contribution is -3.14. The first-order chi connectivity index (χ1) is 19.5. The Hall–Kier alpha value is -1.92. The number of halogens is 1. The highest BCUT2D eigenvalue weighted by atomic mass is 32.2. The summed E-state index contributed by atoms with van der Waals surface area (Å²) in [6.45, 7) is 11.2. The number of hydrogen-bond acceptors (Lipinski definition) is 7. The van der Waals surface area contributed by atoms with Gasteiger partial charge in [-0.15, -0.1) is 11.3 Å². The van der Waals surface area contributed by atoms with Gasteiger partial charge in [0, 0.05) is 16.7 Å². The van der Waals surface area contributed by atoms with Crippen LogP contribution in [0.1, 0.15) is 60.7 Å². The van der Waals surface area contributed by atoms with E-state index >= 15 is 0 Å². The zero-order valence-corrected chi connectivity index (χ0v) is 25.8. The summed E-state index contributed by atoms with van der Waals surface area (Å²) in [5.41, 5.74) is 1.29. The van der Waals surface area contributed by atoms with Crippen LogP contribution in [0, 0.1) is 29.0 Å². The Kier molecular flexibility index (Phi) is 9.21. The van der Waals surface area contributed by atoms with Crippen molar-refractivity contribution in [3.63, 3.8) is 0 Å². The predicted molar refractivity (Wildman–Crippen MR) is 156 cm³/mol. The van der Waals surface area contributed by atoms with Crippen LogP contribution in [0.2, 0.25) is 0 Å². The van der Waals surface area contributed by atoms with Gasteiger partial charge in [-0.2, -0.15) is 0 Å². The molecule has 1 aliphatic heterocycles. The van der Waals surface area contributed by atoms with Gasteiger partial charge in [-0.1, -0.05) is 32.9 Å². The molecule has 0 radical (unpaired) electrons. The van der Waals surface area contributed by atoms with Crippen molar-refractivity contribution in [2.75, 3.05) is 39.4 Å². The molecule has 1 aromatic heterocycles. The van der Waals surface area contributed by atoms with E-state index < -0.39 is 21.8 Å². The second-order valence-electron chi connectivity index (χ2n) is 12.6. The van der Waals surface area contributed by atoms with E-state index in [1.165, 1.54) is 40.5 Å². The van der Waals surface area contributed by atoms with E-state index in [0.29, 0.717) is 17.1 Å². The maximum absolute atomic E-state index is 13.2. The van der Waals surface area contributed by atoms with Crippen LogP contribution in [0.15, 0.2) is 24.3 Å². The van der Waals surface area contributed by atoms with Crippen molar-refractivity contribution in [2.24, 2.45) is 23.2 Å². The second kappa shape index (κ2) is 12.4. The lowest BCUT2D eigenvalue weighted by molar-refractivity contribution is -0.906. The summed E-state index contributed by atoms with van der Waals surface area (Å²) < 4.78 is 44.5. The summed E-state index contributed by atoms with van der Waals surface area (Å²) in [6.07, 6.45) is 1.78. The van der Waals surface area contributed by atoms with E-state index in [-0.39, 0.29) is 46.5 Å². The molecule has 1 saturated heterocycles. The number of sulfone groups is 1. The molecule has 226 valence electrons. The van der Waals surface area contributed by atoms with E-state index in [9.17, 15) is 22.7 Å². The average molecular weight is 609 g/mol. The third-order valence-corrected chi connectivity index (χ3v) is 12.4. The number of thiazole rings is 1. The summed E-state index contributed by atoms with van der Waals surface area (Å²) in [6, 6.07) is 5.54. The Morgan fingerprint density at radius 1 is 1.27 bits per heavy atom. The maximum atomic E-state index is 13.2. The molecule has 41 heavy (non-hydrogen) atoms. The van der Waals surface area contributed by atoms with Gasteiger partial charge in [-0.3, -0.25) is 4.79 Å². The fourth-order valence-corrected chi connectivity index (χ4v) is 10.5. The van der Waals surface area contributed by atoms with E-state index in [1.54, 1.807) is 0 Å². The van der Waals surface area contributed by atoms with Crippen molar-refractivity contribution in [3.8, 4) is 0 Å². The summed E-state index contributed by atoms with van der Waals surface area (Å²) in [4.78, 5) is 20.4. The van der Waals surface area contributed by atoms with Crippen LogP contribution in [-0.4, -0.2) is 69.9 Å². The monoisotopic (exact) mass is 608 g/mol. The molecule has 1 saturated carbocycles. The number of hydrogen-bond donors (Lipinski definition) is 3. The van der Waals surface area contributed by atoms with E-state index in [0.717, 1.165) is 62.7 Å². The second-order valence-corrected chi connectivity index (χ2v) is 15.8. The molecular weight excluding hydrogens is 565 g/mol. The number of amides is 1. The Morgan fingerprint density at radius 3 is 2.68 bits per heavy atom. The first kappa shape index (κ1) is 30.5. The fraction of sp³-hybridized carbons (Fsp3) is 0.667. The lowest BCUT2D eigenvalue weighted by Gasteiger charge is -2.53. The normalized spacial score (nSPS) is 29.4. The number of quaternary nitrogens is 1. The zero-order chi connectivity index (χ0) is 29.4. The van der Waals surface area contributed by atoms with Gasteiger partial charge in [-0.25, -0.2) is 17.8 Å². The molecular formula is C30H43FN3O5S2+. The number of nitrogens with one attached hydrogen (secondary N) is 2. The molecule has 0 spiro atoms. The standard InChI is InChI=1S/C30H42FN3O5S2/c1-19(29(36)32-10-11-34-12-14-39-15-13-34)23-8-9-30(3)16-24-27(20(2)26(30)28(23)35)33-25(40-24)18-41(37,38)17-21-4-6-22(31)7-5-21/h4-7,19-20,23,26,28,35H,8-18H2,1-3H3,(H,32,36)/p+1/t19-,20-,23-,26+,28-,30-/m0/s1. The minimum atomic E-state index is -3.49. The summed E-state index contributed by atoms with van der Waals surface area (Å²) >= 11 is 1.46. The van der Waals surface area contributed by atoms with Gasteiger partial charge in [0.15, 0.2) is 9.84 Å². The van der Waals surface area contributed by atoms with Crippen LogP contribution in [-0.2, 0) is 37.3 Å². The van der Waals surface area contributed by atoms with Gasteiger partial charge in [0.2, 0.25) is 5.91 Å². The molecule has 3 N–H and O–H groups in total. The number of nitrogens with zero attached hydrogens (tertiary/aromatic N) is 1. The van der Waals surface area contributed by atoms with Crippen LogP contribution in [0.3, 0.4) is 0 Å². The Balaban J connectivity index is 1.24. The molecule has 2 aromatic rings. The number of aliphatic hydroxyl groups is 1. The number of fused-ring (bicyclic) bond motifs is 2. The number of carbonyl (C=O) groups excluding carboxylic acids is 1. The van der Waals surface area contributed by atoms with Crippen LogP contribution >= 0.6 is 11.3 Å². The van der Waals surface area contributed by atoms with Crippen molar-refractivity contribution < 1.29 is 32.3 Å². The average Bonchev–Trinajstić information content (AvgIpc) is 3.31. The van der Waals surface area contributed by atoms with Crippen LogP contribution < -0.4 is 10.2 Å². The molecule has 2 fully saturated rings. The maximum Gasteiger partial charge on any atom is 0.223 e. The minimum Gasteiger partial charge on any atom is -0.392 e. The fourth-order valence-electron chi connectivity index (χ4n) is 7.36. The molecule has 6 atom stereocenters. The molecule has 2 aliphatic carbocycles. The van der Waals surface area contributed by atoms with Gasteiger partial charge in [0.25, 0.3) is 0 Å². The molecule has 8 nitrogen and oxygen atoms in total. The Morgan fingerprint density at radius 2 is 1.98 bits per heavy atom. The van der Waals surface area contributed by atoms with Crippen molar-refractivity contribution in [2.45, 2.75) is 63.6 Å². The van der Waals surface area contributed by atoms with Gasteiger partial charge in [0.1, 0.15) is 29.7 Å². The minimum absolute atomic E-state index is 0.00299. The Bertz CT molecular complexity index is 1330. The smallest absolute Gasteiger partial charge is 0.223 e. The van der Waals surface area contributed by atoms with Crippen LogP contribution in [0.5, 0.6) is 0 Å². The third kappa shape index (κ3) is 6.85. The summed E-state index contributed by atoms with van der Waals surface area (Å²) in [7, 11) is -3.49. The summed E-state index contributed by atoms with van der Waals surface area (Å²) in [5.74, 6) is -1.28. The topological polar surface area (TPSA) is 110 Å². The first-order valence-electron chi connectivity index (χ1n) is 14.8. The zero-order valence-electron chi connectivity index (χ0n) is 24.2. The molecule has 0 bridgehead atoms. The number of aliphatic hydroxyl groups excluding tert-OH is 1. The molecule has 11 heteroatoms. The number of rotatable bonds is 9. The lowest BCUT2D eigenvalue weighted by atomic mass is 9.53. The molecule has 1 aromatic carbocycles. The van der Waals surface area contributed by atoms with E-state index in [1.807, 2.05) is 6.92 Å². The van der Waals surface area contributed by atoms with Crippen molar-refractivity contribution in [3.05, 3.63) is 51.2 Å². The van der Waals surface area contributed by atoms with Gasteiger partial charge in [0.05, 0.1) is 43.9 Å². The van der Waals surface area contributed by atoms with Crippen LogP contribution in [0.25, 0.3) is 0 Å². The quantitative estimate of drug-likeness (QED) is 0.403. The van der Waals surface area contributed by atoms with Crippen molar-refractivity contribution >= 4 is 27.1 Å². The number of ether oxygens (including phenoxy) is 1. The predicted octanol–water partition coefficient (Wildman–Crippen LogP) is 2.12. The number of morpholine rings is 1. The molecule has 3 aliphatic rings. The van der Waals surface area contributed by atoms with Gasteiger partial charge in [-0.05, 0) is 54.2 Å². The van der Waals surface area contributed by atoms with Crippen molar-refractivity contribution in [1.29, 1.82) is 0 Å². The third-order valence-electron chi connectivity index (χ3n) is 9.64. The SMILES string of the molecule is C[C@H](C(=O)NCC[NH+]1CCOCC1)[C@@H]1CC[C@@]2(C)Cc3sc(CS(=O)(=O)Cc4ccc(F)cc4)nc3[C@@H](C)[C@@H]2[C@H]1O. The van der Waals surface area contributed by atoms with E-state index in [2.05, 4.69) is 19.2 Å². The summed E-state index contributed by atoms with van der Waals surface area (Å²) in [5, 5.41) is 15.4. The first-order valence-corrected chi connectivity index (χ1v) is 17.4. The van der Waals surface area contributed by atoms with E-state index in [4.69, 9.17) is 9.72 Å². The molecule has 2 heterocycles. The highest BCUT2D eigenvalue weighted by Crippen LogP contribution is 2.57. The number of benzene rings is 1. The highest BCUT2D eigenvalue weighted by molar-refractivity contribution is 7.90. The largest absolute Gasteiger partial charge is 0.392 e. The van der Waals surface area contributed by atoms with Gasteiger partial charge < -0.3 is 20.1 Å². The highest BCUT2D eigenvalue weighted by Gasteiger charge is 2.54. The number of carbonyl (C=O) groups is 1. The van der Waals surface area contributed by atoms with Crippen LogP contribution in [0.4, 0.5) is 4.39 Å². The number of aromatic nitrogens is 1. The van der Waals surface area contributed by atoms with Gasteiger partial charge >= 0.3 is 0 Å². The van der Waals surface area contributed by atoms with Crippen molar-refractivity contribution in [1.82, 2.24) is 10.3 Å². The Labute approximate surface area is 246 Å². The molecule has 1 amide bonds.